The van der Waals surface area contributed by atoms with Gasteiger partial charge in [-0.2, -0.15) is 0 Å². The van der Waals surface area contributed by atoms with E-state index >= 15 is 0 Å². The minimum absolute atomic E-state index is 0.613. The van der Waals surface area contributed by atoms with Crippen molar-refractivity contribution in [3.05, 3.63) is 0 Å². The number of hydrogen-bond acceptors (Lipinski definition) is 1. The molecule has 0 spiro atoms. The number of rotatable bonds is 3. The van der Waals surface area contributed by atoms with E-state index in [1.54, 1.807) is 0 Å². The van der Waals surface area contributed by atoms with E-state index in [0.717, 1.165) is 11.8 Å². The van der Waals surface area contributed by atoms with Crippen LogP contribution < -0.4 is 0 Å². The Morgan fingerprint density at radius 2 is 1.31 bits per heavy atom. The first kappa shape index (κ1) is 9.51. The summed E-state index contributed by atoms with van der Waals surface area (Å²) < 4.78 is 5.93. The standard InChI is InChI=1S/C12H22O/c1-9(2)10-3-5-11(6-4-10)13-12-7-8-12/h9-12H,3-8H2,1-2H3. The third-order valence-electron chi connectivity index (χ3n) is 3.57. The van der Waals surface area contributed by atoms with Gasteiger partial charge in [0.25, 0.3) is 0 Å². The second-order valence-corrected chi connectivity index (χ2v) is 5.12. The summed E-state index contributed by atoms with van der Waals surface area (Å²) in [5, 5.41) is 0. The first-order valence-electron chi connectivity index (χ1n) is 5.91. The fraction of sp³-hybridized carbons (Fsp3) is 1.00. The largest absolute Gasteiger partial charge is 0.375 e. The Kier molecular flexibility index (Phi) is 2.92. The molecule has 2 saturated carbocycles. The van der Waals surface area contributed by atoms with Crippen molar-refractivity contribution in [3.63, 3.8) is 0 Å². The lowest BCUT2D eigenvalue weighted by Crippen LogP contribution is -2.24. The van der Waals surface area contributed by atoms with Crippen molar-refractivity contribution in [2.75, 3.05) is 0 Å². The summed E-state index contributed by atoms with van der Waals surface area (Å²) >= 11 is 0. The van der Waals surface area contributed by atoms with E-state index in [1.165, 1.54) is 38.5 Å². The topological polar surface area (TPSA) is 9.23 Å². The molecule has 2 aliphatic rings. The molecule has 1 nitrogen and oxygen atoms in total. The highest BCUT2D eigenvalue weighted by molar-refractivity contribution is 4.79. The van der Waals surface area contributed by atoms with Gasteiger partial charge in [0.1, 0.15) is 0 Å². The second kappa shape index (κ2) is 4.00. The molecule has 13 heavy (non-hydrogen) atoms. The fourth-order valence-corrected chi connectivity index (χ4v) is 2.37. The van der Waals surface area contributed by atoms with E-state index in [-0.39, 0.29) is 0 Å². The molecule has 2 fully saturated rings. The van der Waals surface area contributed by atoms with Crippen LogP contribution in [0.3, 0.4) is 0 Å². The van der Waals surface area contributed by atoms with Crippen LogP contribution >= 0.6 is 0 Å². The van der Waals surface area contributed by atoms with Gasteiger partial charge in [0.2, 0.25) is 0 Å². The lowest BCUT2D eigenvalue weighted by Gasteiger charge is -2.30. The SMILES string of the molecule is CC(C)C1CCC(OC2CC2)CC1. The molecule has 0 aromatic rings. The summed E-state index contributed by atoms with van der Waals surface area (Å²) in [6.07, 6.45) is 9.35. The van der Waals surface area contributed by atoms with Crippen molar-refractivity contribution in [3.8, 4) is 0 Å². The minimum Gasteiger partial charge on any atom is -0.375 e. The fourth-order valence-electron chi connectivity index (χ4n) is 2.37. The predicted octanol–water partition coefficient (Wildman–Crippen LogP) is 3.38. The zero-order valence-electron chi connectivity index (χ0n) is 8.96. The Morgan fingerprint density at radius 3 is 1.69 bits per heavy atom. The van der Waals surface area contributed by atoms with Crippen LogP contribution in [0, 0.1) is 11.8 Å². The van der Waals surface area contributed by atoms with Crippen molar-refractivity contribution < 1.29 is 4.74 Å². The third kappa shape index (κ3) is 2.70. The molecule has 0 amide bonds. The Labute approximate surface area is 81.9 Å². The molecule has 0 saturated heterocycles. The van der Waals surface area contributed by atoms with Crippen molar-refractivity contribution in [1.82, 2.24) is 0 Å². The maximum Gasteiger partial charge on any atom is 0.0580 e. The molecule has 1 heteroatoms. The molecule has 0 atom stereocenters. The molecular weight excluding hydrogens is 160 g/mol. The number of ether oxygens (including phenoxy) is 1. The molecule has 0 aromatic heterocycles. The zero-order chi connectivity index (χ0) is 9.26. The van der Waals surface area contributed by atoms with Crippen LogP contribution in [0.1, 0.15) is 52.4 Å². The molecule has 0 aromatic carbocycles. The van der Waals surface area contributed by atoms with Gasteiger partial charge in [-0.25, -0.2) is 0 Å². The van der Waals surface area contributed by atoms with Gasteiger partial charge in [-0.15, -0.1) is 0 Å². The molecule has 2 aliphatic carbocycles. The first-order chi connectivity index (χ1) is 6.25. The first-order valence-corrected chi connectivity index (χ1v) is 5.91. The summed E-state index contributed by atoms with van der Waals surface area (Å²) in [5.74, 6) is 1.85. The van der Waals surface area contributed by atoms with Crippen molar-refractivity contribution in [2.24, 2.45) is 11.8 Å². The molecule has 2 rings (SSSR count). The monoisotopic (exact) mass is 182 g/mol. The summed E-state index contributed by atoms with van der Waals surface area (Å²) in [5.41, 5.74) is 0. The summed E-state index contributed by atoms with van der Waals surface area (Å²) in [6.45, 7) is 4.71. The summed E-state index contributed by atoms with van der Waals surface area (Å²) in [6, 6.07) is 0. The van der Waals surface area contributed by atoms with E-state index in [4.69, 9.17) is 4.74 Å². The Balaban J connectivity index is 1.69. The van der Waals surface area contributed by atoms with E-state index < -0.39 is 0 Å². The second-order valence-electron chi connectivity index (χ2n) is 5.12. The van der Waals surface area contributed by atoms with Gasteiger partial charge in [-0.05, 0) is 50.4 Å². The molecule has 0 N–H and O–H groups in total. The van der Waals surface area contributed by atoms with Crippen molar-refractivity contribution in [1.29, 1.82) is 0 Å². The molecule has 0 heterocycles. The Hall–Kier alpha value is -0.0400. The normalized spacial score (nSPS) is 35.3. The number of hydrogen-bond donors (Lipinski definition) is 0. The highest BCUT2D eigenvalue weighted by Gasteiger charge is 2.29. The maximum atomic E-state index is 5.93. The highest BCUT2D eigenvalue weighted by Crippen LogP contribution is 2.34. The van der Waals surface area contributed by atoms with Crippen LogP contribution in [0.15, 0.2) is 0 Å². The van der Waals surface area contributed by atoms with E-state index in [1.807, 2.05) is 0 Å². The van der Waals surface area contributed by atoms with Crippen LogP contribution in [-0.4, -0.2) is 12.2 Å². The van der Waals surface area contributed by atoms with Gasteiger partial charge in [0.05, 0.1) is 12.2 Å². The van der Waals surface area contributed by atoms with Crippen LogP contribution in [0.25, 0.3) is 0 Å². The minimum atomic E-state index is 0.613. The van der Waals surface area contributed by atoms with E-state index in [9.17, 15) is 0 Å². The van der Waals surface area contributed by atoms with Crippen molar-refractivity contribution >= 4 is 0 Å². The highest BCUT2D eigenvalue weighted by atomic mass is 16.5. The average Bonchev–Trinajstić information content (AvgIpc) is 2.89. The van der Waals surface area contributed by atoms with E-state index in [0.29, 0.717) is 12.2 Å². The van der Waals surface area contributed by atoms with Gasteiger partial charge in [0, 0.05) is 0 Å². The van der Waals surface area contributed by atoms with Crippen LogP contribution in [0.2, 0.25) is 0 Å². The van der Waals surface area contributed by atoms with Crippen LogP contribution in [0.4, 0.5) is 0 Å². The molecule has 0 unspecified atom stereocenters. The maximum absolute atomic E-state index is 5.93. The average molecular weight is 182 g/mol. The van der Waals surface area contributed by atoms with Gasteiger partial charge >= 0.3 is 0 Å². The lowest BCUT2D eigenvalue weighted by atomic mass is 9.80. The predicted molar refractivity (Wildman–Crippen MR) is 54.7 cm³/mol. The Morgan fingerprint density at radius 1 is 0.846 bits per heavy atom. The van der Waals surface area contributed by atoms with Gasteiger partial charge < -0.3 is 4.74 Å². The van der Waals surface area contributed by atoms with E-state index in [2.05, 4.69) is 13.8 Å². The molecule has 0 radical (unpaired) electrons. The Bertz CT molecular complexity index is 153. The summed E-state index contributed by atoms with van der Waals surface area (Å²) in [4.78, 5) is 0. The molecule has 0 aliphatic heterocycles. The third-order valence-corrected chi connectivity index (χ3v) is 3.57. The van der Waals surface area contributed by atoms with Crippen LogP contribution in [-0.2, 0) is 4.74 Å². The van der Waals surface area contributed by atoms with Crippen molar-refractivity contribution in [2.45, 2.75) is 64.6 Å². The smallest absolute Gasteiger partial charge is 0.0580 e. The quantitative estimate of drug-likeness (QED) is 0.650. The van der Waals surface area contributed by atoms with Gasteiger partial charge in [-0.1, -0.05) is 13.8 Å². The van der Waals surface area contributed by atoms with Gasteiger partial charge in [-0.3, -0.25) is 0 Å². The zero-order valence-corrected chi connectivity index (χ0v) is 8.96. The van der Waals surface area contributed by atoms with Gasteiger partial charge in [0.15, 0.2) is 0 Å². The molecule has 76 valence electrons. The van der Waals surface area contributed by atoms with Crippen LogP contribution in [0.5, 0.6) is 0 Å². The molecule has 0 bridgehead atoms. The summed E-state index contributed by atoms with van der Waals surface area (Å²) in [7, 11) is 0. The molecular formula is C12H22O. The lowest BCUT2D eigenvalue weighted by molar-refractivity contribution is 0.00231.